The fraction of sp³-hybridized carbons (Fsp3) is 0.933. The predicted molar refractivity (Wildman–Crippen MR) is 71.9 cm³/mol. The van der Waals surface area contributed by atoms with Gasteiger partial charge in [-0.3, -0.25) is 4.79 Å². The van der Waals surface area contributed by atoms with E-state index >= 15 is 0 Å². The average molecular weight is 250 g/mol. The van der Waals surface area contributed by atoms with Gasteiger partial charge in [-0.25, -0.2) is 0 Å². The number of rotatable bonds is 2. The Labute approximate surface area is 110 Å². The Morgan fingerprint density at radius 1 is 1.28 bits per heavy atom. The number of nitrogens with zero attached hydrogens (tertiary/aromatic N) is 1. The lowest BCUT2D eigenvalue weighted by molar-refractivity contribution is -0.134. The number of hydrogen-bond donors (Lipinski definition) is 1. The second-order valence-electron chi connectivity index (χ2n) is 6.91. The van der Waals surface area contributed by atoms with Crippen molar-refractivity contribution >= 4 is 5.91 Å². The minimum absolute atomic E-state index is 0.288. The molecule has 2 aliphatic carbocycles. The van der Waals surface area contributed by atoms with Crippen molar-refractivity contribution in [3.63, 3.8) is 0 Å². The molecule has 2 bridgehead atoms. The second kappa shape index (κ2) is 4.84. The zero-order valence-electron chi connectivity index (χ0n) is 11.5. The van der Waals surface area contributed by atoms with Crippen LogP contribution in [0.15, 0.2) is 0 Å². The number of fused-ring (bicyclic) bond motifs is 2. The number of amides is 1. The Morgan fingerprint density at radius 2 is 2.11 bits per heavy atom. The van der Waals surface area contributed by atoms with E-state index in [2.05, 4.69) is 11.8 Å². The summed E-state index contributed by atoms with van der Waals surface area (Å²) in [6.45, 7) is 3.92. The fourth-order valence-electron chi connectivity index (χ4n) is 4.37. The smallest absolute Gasteiger partial charge is 0.222 e. The topological polar surface area (TPSA) is 46.3 Å². The first-order valence-corrected chi connectivity index (χ1v) is 7.67. The maximum Gasteiger partial charge on any atom is 0.222 e. The van der Waals surface area contributed by atoms with E-state index in [1.807, 2.05) is 0 Å². The van der Waals surface area contributed by atoms with Crippen LogP contribution in [0.5, 0.6) is 0 Å². The molecule has 1 saturated heterocycles. The maximum absolute atomic E-state index is 12.4. The Morgan fingerprint density at radius 3 is 2.72 bits per heavy atom. The van der Waals surface area contributed by atoms with Crippen LogP contribution in [0.4, 0.5) is 0 Å². The summed E-state index contributed by atoms with van der Waals surface area (Å²) in [4.78, 5) is 14.4. The first kappa shape index (κ1) is 12.5. The maximum atomic E-state index is 12.4. The predicted octanol–water partition coefficient (Wildman–Crippen LogP) is 2.01. The van der Waals surface area contributed by atoms with Gasteiger partial charge in [0.15, 0.2) is 0 Å². The van der Waals surface area contributed by atoms with E-state index in [1.54, 1.807) is 0 Å². The molecular formula is C15H26N2O. The summed E-state index contributed by atoms with van der Waals surface area (Å²) in [5, 5.41) is 0. The summed E-state index contributed by atoms with van der Waals surface area (Å²) < 4.78 is 0. The van der Waals surface area contributed by atoms with Gasteiger partial charge in [0.25, 0.3) is 0 Å². The normalized spacial score (nSPS) is 43.4. The summed E-state index contributed by atoms with van der Waals surface area (Å²) in [5.41, 5.74) is 6.02. The van der Waals surface area contributed by atoms with E-state index in [1.165, 1.54) is 25.7 Å². The number of carbonyl (C=O) groups excluding carboxylic acids is 1. The van der Waals surface area contributed by atoms with Crippen LogP contribution in [0.2, 0.25) is 0 Å². The van der Waals surface area contributed by atoms with E-state index in [9.17, 15) is 4.79 Å². The number of carbonyl (C=O) groups is 1. The average Bonchev–Trinajstić information content (AvgIpc) is 2.94. The van der Waals surface area contributed by atoms with Gasteiger partial charge in [-0.1, -0.05) is 13.3 Å². The third-order valence-corrected chi connectivity index (χ3v) is 5.65. The van der Waals surface area contributed by atoms with Crippen molar-refractivity contribution in [2.75, 3.05) is 13.1 Å². The van der Waals surface area contributed by atoms with Crippen LogP contribution in [0.3, 0.4) is 0 Å². The van der Waals surface area contributed by atoms with Crippen LogP contribution >= 0.6 is 0 Å². The second-order valence-corrected chi connectivity index (χ2v) is 6.91. The Hall–Kier alpha value is -0.570. The zero-order chi connectivity index (χ0) is 12.7. The molecule has 18 heavy (non-hydrogen) atoms. The third-order valence-electron chi connectivity index (χ3n) is 5.65. The molecule has 3 aliphatic rings. The van der Waals surface area contributed by atoms with Crippen molar-refractivity contribution < 1.29 is 4.79 Å². The van der Waals surface area contributed by atoms with Gasteiger partial charge in [-0.2, -0.15) is 0 Å². The Balaban J connectivity index is 1.52. The molecule has 3 rings (SSSR count). The van der Waals surface area contributed by atoms with E-state index in [0.29, 0.717) is 17.7 Å². The van der Waals surface area contributed by atoms with Crippen molar-refractivity contribution in [3.8, 4) is 0 Å². The van der Waals surface area contributed by atoms with Gasteiger partial charge < -0.3 is 10.6 Å². The molecule has 3 nitrogen and oxygen atoms in total. The van der Waals surface area contributed by atoms with Gasteiger partial charge in [-0.05, 0) is 49.4 Å². The van der Waals surface area contributed by atoms with E-state index in [4.69, 9.17) is 5.73 Å². The van der Waals surface area contributed by atoms with Crippen LogP contribution in [0.1, 0.15) is 45.4 Å². The molecule has 1 amide bonds. The molecule has 0 aromatic carbocycles. The van der Waals surface area contributed by atoms with E-state index in [0.717, 1.165) is 37.8 Å². The van der Waals surface area contributed by atoms with Crippen molar-refractivity contribution in [2.24, 2.45) is 29.4 Å². The molecule has 102 valence electrons. The number of likely N-dealkylation sites (tertiary alicyclic amines) is 1. The molecule has 0 aromatic heterocycles. The highest BCUT2D eigenvalue weighted by molar-refractivity contribution is 5.76. The van der Waals surface area contributed by atoms with Crippen LogP contribution in [0, 0.1) is 23.7 Å². The number of nitrogens with two attached hydrogens (primary N) is 1. The first-order chi connectivity index (χ1) is 8.63. The van der Waals surface area contributed by atoms with Gasteiger partial charge in [0.1, 0.15) is 0 Å². The summed E-state index contributed by atoms with van der Waals surface area (Å²) in [5.74, 6) is 3.36. The van der Waals surface area contributed by atoms with Gasteiger partial charge >= 0.3 is 0 Å². The first-order valence-electron chi connectivity index (χ1n) is 7.67. The molecule has 0 radical (unpaired) electrons. The Bertz CT molecular complexity index is 330. The number of hydrogen-bond acceptors (Lipinski definition) is 2. The summed E-state index contributed by atoms with van der Waals surface area (Å²) >= 11 is 0. The molecule has 0 aromatic rings. The number of piperidine rings is 1. The highest BCUT2D eigenvalue weighted by Gasteiger charge is 2.41. The molecule has 3 heteroatoms. The standard InChI is InChI=1S/C15H26N2O/c1-10-9-17(5-4-14(10)16)15(18)8-13-7-11-2-3-12(13)6-11/h10-14H,2-9,16H2,1H3. The van der Waals surface area contributed by atoms with Crippen molar-refractivity contribution in [3.05, 3.63) is 0 Å². The molecule has 5 atom stereocenters. The molecule has 2 N–H and O–H groups in total. The SMILES string of the molecule is CC1CN(C(=O)CC2CC3CCC2C3)CCC1N. The van der Waals surface area contributed by atoms with Crippen molar-refractivity contribution in [1.29, 1.82) is 0 Å². The lowest BCUT2D eigenvalue weighted by Gasteiger charge is -2.36. The zero-order valence-corrected chi connectivity index (χ0v) is 11.5. The molecule has 3 fully saturated rings. The van der Waals surface area contributed by atoms with Crippen LogP contribution in [-0.2, 0) is 4.79 Å². The molecule has 1 heterocycles. The summed E-state index contributed by atoms with van der Waals surface area (Å²) in [6, 6.07) is 0.288. The molecule has 1 aliphatic heterocycles. The van der Waals surface area contributed by atoms with E-state index in [-0.39, 0.29) is 6.04 Å². The van der Waals surface area contributed by atoms with E-state index < -0.39 is 0 Å². The Kier molecular flexibility index (Phi) is 3.35. The minimum atomic E-state index is 0.288. The lowest BCUT2D eigenvalue weighted by atomic mass is 9.85. The van der Waals surface area contributed by atoms with Gasteiger partial charge in [-0.15, -0.1) is 0 Å². The molecular weight excluding hydrogens is 224 g/mol. The molecule has 2 saturated carbocycles. The summed E-state index contributed by atoms with van der Waals surface area (Å²) in [6.07, 6.45) is 7.31. The van der Waals surface area contributed by atoms with Gasteiger partial charge in [0, 0.05) is 25.6 Å². The lowest BCUT2D eigenvalue weighted by Crippen LogP contribution is -2.48. The van der Waals surface area contributed by atoms with Gasteiger partial charge in [0.05, 0.1) is 0 Å². The fourth-order valence-corrected chi connectivity index (χ4v) is 4.37. The molecule has 0 spiro atoms. The van der Waals surface area contributed by atoms with Crippen molar-refractivity contribution in [1.82, 2.24) is 4.90 Å². The highest BCUT2D eigenvalue weighted by Crippen LogP contribution is 2.49. The third kappa shape index (κ3) is 2.29. The minimum Gasteiger partial charge on any atom is -0.342 e. The highest BCUT2D eigenvalue weighted by atomic mass is 16.2. The quantitative estimate of drug-likeness (QED) is 0.815. The van der Waals surface area contributed by atoms with Crippen molar-refractivity contribution in [2.45, 2.75) is 51.5 Å². The monoisotopic (exact) mass is 250 g/mol. The summed E-state index contributed by atoms with van der Waals surface area (Å²) in [7, 11) is 0. The molecule has 5 unspecified atom stereocenters. The van der Waals surface area contributed by atoms with Crippen LogP contribution in [-0.4, -0.2) is 29.9 Å². The van der Waals surface area contributed by atoms with Crippen LogP contribution in [0.25, 0.3) is 0 Å². The largest absolute Gasteiger partial charge is 0.342 e. The van der Waals surface area contributed by atoms with Gasteiger partial charge in [0.2, 0.25) is 5.91 Å². The van der Waals surface area contributed by atoms with Crippen LogP contribution < -0.4 is 5.73 Å².